The fourth-order valence-electron chi connectivity index (χ4n) is 1.68. The third kappa shape index (κ3) is 2.36. The Kier molecular flexibility index (Phi) is 3.24. The Labute approximate surface area is 105 Å². The summed E-state index contributed by atoms with van der Waals surface area (Å²) >= 11 is 1.56. The number of hydrogen-bond acceptors (Lipinski definition) is 3. The minimum absolute atomic E-state index is 0.754. The number of hydrogen-bond donors (Lipinski definition) is 2. The molecule has 2 aromatic rings. The number of benzene rings is 1. The zero-order valence-corrected chi connectivity index (χ0v) is 10.8. The summed E-state index contributed by atoms with van der Waals surface area (Å²) in [6.45, 7) is 5.85. The van der Waals surface area contributed by atoms with Crippen LogP contribution in [-0.2, 0) is 0 Å². The van der Waals surface area contributed by atoms with Gasteiger partial charge in [-0.15, -0.1) is 0 Å². The van der Waals surface area contributed by atoms with Gasteiger partial charge in [0.2, 0.25) is 0 Å². The smallest absolute Gasteiger partial charge is 0.118 e. The lowest BCUT2D eigenvalue weighted by atomic mass is 10.2. The van der Waals surface area contributed by atoms with E-state index in [4.69, 9.17) is 5.73 Å². The van der Waals surface area contributed by atoms with Crippen molar-refractivity contribution in [3.8, 4) is 0 Å². The Morgan fingerprint density at radius 1 is 1.47 bits per heavy atom. The highest BCUT2D eigenvalue weighted by Gasteiger charge is 2.09. The summed E-state index contributed by atoms with van der Waals surface area (Å²) in [6, 6.07) is 7.93. The van der Waals surface area contributed by atoms with E-state index in [1.54, 1.807) is 18.8 Å². The van der Waals surface area contributed by atoms with E-state index in [9.17, 15) is 0 Å². The predicted molar refractivity (Wildman–Crippen MR) is 77.6 cm³/mol. The topological polar surface area (TPSA) is 54.2 Å². The molecule has 0 spiro atoms. The van der Waals surface area contributed by atoms with Crippen molar-refractivity contribution in [3.05, 3.63) is 41.4 Å². The van der Waals surface area contributed by atoms with Crippen molar-refractivity contribution in [2.45, 2.75) is 6.92 Å². The predicted octanol–water partition coefficient (Wildman–Crippen LogP) is 3.39. The van der Waals surface area contributed by atoms with Crippen LogP contribution >= 0.6 is 11.8 Å². The number of anilines is 1. The van der Waals surface area contributed by atoms with Crippen molar-refractivity contribution in [1.29, 1.82) is 0 Å². The normalized spacial score (nSPS) is 12.0. The van der Waals surface area contributed by atoms with E-state index in [2.05, 4.69) is 22.6 Å². The number of nitrogens with two attached hydrogens (primary N) is 1. The van der Waals surface area contributed by atoms with E-state index in [0.717, 1.165) is 32.2 Å². The number of thioether (sulfide) groups is 1. The van der Waals surface area contributed by atoms with Gasteiger partial charge >= 0.3 is 0 Å². The average molecular weight is 245 g/mol. The lowest BCUT2D eigenvalue weighted by Crippen LogP contribution is -1.95. The van der Waals surface area contributed by atoms with E-state index in [1.165, 1.54) is 0 Å². The van der Waals surface area contributed by atoms with Crippen molar-refractivity contribution < 1.29 is 0 Å². The van der Waals surface area contributed by atoms with Crippen LogP contribution < -0.4 is 5.73 Å². The van der Waals surface area contributed by atoms with Gasteiger partial charge in [-0.1, -0.05) is 30.5 Å². The van der Waals surface area contributed by atoms with Gasteiger partial charge in [0, 0.05) is 12.4 Å². The van der Waals surface area contributed by atoms with Crippen LogP contribution in [0.4, 0.5) is 5.69 Å². The van der Waals surface area contributed by atoms with Gasteiger partial charge in [0.25, 0.3) is 0 Å². The van der Waals surface area contributed by atoms with Gasteiger partial charge in [-0.25, -0.2) is 0 Å². The Morgan fingerprint density at radius 3 is 2.82 bits per heavy atom. The van der Waals surface area contributed by atoms with Gasteiger partial charge in [-0.05, 0) is 24.0 Å². The van der Waals surface area contributed by atoms with E-state index < -0.39 is 0 Å². The molecule has 0 atom stereocenters. The molecule has 88 valence electrons. The second-order valence-electron chi connectivity index (χ2n) is 3.83. The lowest BCUT2D eigenvalue weighted by molar-refractivity contribution is 1.39. The third-order valence-corrected chi connectivity index (χ3v) is 3.34. The molecule has 0 fully saturated rings. The average Bonchev–Trinajstić information content (AvgIpc) is 2.70. The molecule has 1 aromatic carbocycles. The first-order chi connectivity index (χ1) is 8.11. The number of rotatable bonds is 2. The molecule has 2 rings (SSSR count). The number of para-hydroxylation sites is 1. The quantitative estimate of drug-likeness (QED) is 0.484. The molecule has 1 heterocycles. The highest BCUT2D eigenvalue weighted by Crippen LogP contribution is 2.25. The molecule has 1 aromatic heterocycles. The molecule has 0 radical (unpaired) electrons. The van der Waals surface area contributed by atoms with Crippen LogP contribution in [0.25, 0.3) is 10.9 Å². The molecule has 3 nitrogen and oxygen atoms in total. The van der Waals surface area contributed by atoms with Gasteiger partial charge < -0.3 is 10.7 Å². The molecule has 4 heteroatoms. The molecule has 0 aliphatic rings. The summed E-state index contributed by atoms with van der Waals surface area (Å²) in [4.78, 5) is 8.58. The van der Waals surface area contributed by atoms with Crippen LogP contribution in [0.1, 0.15) is 12.6 Å². The summed E-state index contributed by atoms with van der Waals surface area (Å²) in [7, 11) is 1.78. The molecular weight excluding hydrogens is 230 g/mol. The maximum atomic E-state index is 5.92. The van der Waals surface area contributed by atoms with Gasteiger partial charge in [0.05, 0.1) is 16.9 Å². The summed E-state index contributed by atoms with van der Waals surface area (Å²) in [5.74, 6) is 0. The number of aromatic nitrogens is 1. The van der Waals surface area contributed by atoms with E-state index in [0.29, 0.717) is 0 Å². The highest BCUT2D eigenvalue weighted by molar-refractivity contribution is 8.17. The summed E-state index contributed by atoms with van der Waals surface area (Å²) in [5.41, 5.74) is 8.61. The monoisotopic (exact) mass is 245 g/mol. The zero-order valence-electron chi connectivity index (χ0n) is 9.95. The van der Waals surface area contributed by atoms with E-state index in [1.807, 2.05) is 25.1 Å². The van der Waals surface area contributed by atoms with Crippen molar-refractivity contribution in [1.82, 2.24) is 4.98 Å². The largest absolute Gasteiger partial charge is 0.397 e. The van der Waals surface area contributed by atoms with Gasteiger partial charge in [-0.3, -0.25) is 4.99 Å². The first-order valence-corrected chi connectivity index (χ1v) is 6.11. The second kappa shape index (κ2) is 4.67. The number of aliphatic imine (C=N–C) groups is 1. The molecule has 0 aliphatic carbocycles. The second-order valence-corrected chi connectivity index (χ2v) is 5.12. The lowest BCUT2D eigenvalue weighted by Gasteiger charge is -2.01. The van der Waals surface area contributed by atoms with Crippen molar-refractivity contribution >= 4 is 33.4 Å². The highest BCUT2D eigenvalue weighted by atomic mass is 32.2. The Hall–Kier alpha value is -1.68. The summed E-state index contributed by atoms with van der Waals surface area (Å²) in [5, 5.41) is 2.02. The molecule has 17 heavy (non-hydrogen) atoms. The Bertz CT molecular complexity index is 596. The maximum absolute atomic E-state index is 5.92. The van der Waals surface area contributed by atoms with Crippen LogP contribution in [0.5, 0.6) is 0 Å². The number of H-pyrrole nitrogens is 1. The van der Waals surface area contributed by atoms with Crippen molar-refractivity contribution in [2.24, 2.45) is 4.99 Å². The fourth-order valence-corrected chi connectivity index (χ4v) is 2.32. The summed E-state index contributed by atoms with van der Waals surface area (Å²) in [6.07, 6.45) is 0. The van der Waals surface area contributed by atoms with Gasteiger partial charge in [-0.2, -0.15) is 0 Å². The molecule has 0 bridgehead atoms. The van der Waals surface area contributed by atoms with Crippen LogP contribution in [0, 0.1) is 0 Å². The summed E-state index contributed by atoms with van der Waals surface area (Å²) < 4.78 is 0. The van der Waals surface area contributed by atoms with Crippen LogP contribution in [0.15, 0.2) is 40.7 Å². The molecule has 0 amide bonds. The van der Waals surface area contributed by atoms with Crippen LogP contribution in [0.2, 0.25) is 0 Å². The zero-order chi connectivity index (χ0) is 12.4. The standard InChI is InChI=1S/C13H15N3S/c1-8(2)17-13(15-3)11-7-9-5-4-6-10(14)12(9)16-11/h4-7,16H,1,14H2,2-3H3/b15-13-. The number of allylic oxidation sites excluding steroid dienone is 1. The molecular formula is C13H15N3S. The molecule has 3 N–H and O–H groups in total. The third-order valence-electron chi connectivity index (χ3n) is 2.39. The Morgan fingerprint density at radius 2 is 2.24 bits per heavy atom. The van der Waals surface area contributed by atoms with E-state index in [-0.39, 0.29) is 0 Å². The number of aromatic amines is 1. The molecule has 0 saturated carbocycles. The fraction of sp³-hybridized carbons (Fsp3) is 0.154. The maximum Gasteiger partial charge on any atom is 0.118 e. The van der Waals surface area contributed by atoms with E-state index >= 15 is 0 Å². The number of nitrogens with zero attached hydrogens (tertiary/aromatic N) is 1. The van der Waals surface area contributed by atoms with Crippen molar-refractivity contribution in [3.63, 3.8) is 0 Å². The molecule has 0 saturated heterocycles. The van der Waals surface area contributed by atoms with Crippen LogP contribution in [-0.4, -0.2) is 17.1 Å². The molecule has 0 aliphatic heterocycles. The number of nitrogen functional groups attached to an aromatic ring is 1. The van der Waals surface area contributed by atoms with Crippen LogP contribution in [0.3, 0.4) is 0 Å². The first-order valence-electron chi connectivity index (χ1n) is 5.29. The first kappa shape index (κ1) is 11.8. The van der Waals surface area contributed by atoms with Crippen molar-refractivity contribution in [2.75, 3.05) is 12.8 Å². The van der Waals surface area contributed by atoms with Gasteiger partial charge in [0.1, 0.15) is 5.04 Å². The SMILES string of the molecule is C=C(C)S/C(=N\C)c1cc2cccc(N)c2[nH]1. The number of fused-ring (bicyclic) bond motifs is 1. The Balaban J connectivity index is 2.49. The number of nitrogens with one attached hydrogen (secondary N) is 1. The molecule has 0 unspecified atom stereocenters. The van der Waals surface area contributed by atoms with Gasteiger partial charge in [0.15, 0.2) is 0 Å². The minimum atomic E-state index is 0.754. The minimum Gasteiger partial charge on any atom is -0.397 e.